The van der Waals surface area contributed by atoms with E-state index < -0.39 is 63.1 Å². The Bertz CT molecular complexity index is 1280. The van der Waals surface area contributed by atoms with Crippen molar-refractivity contribution < 1.29 is 58.3 Å². The lowest BCUT2D eigenvalue weighted by molar-refractivity contribution is -0.220. The minimum atomic E-state index is -5.03. The molecule has 0 saturated heterocycles. The lowest BCUT2D eigenvalue weighted by Gasteiger charge is -2.41. The van der Waals surface area contributed by atoms with E-state index in [2.05, 4.69) is 38.2 Å². The average molecular weight is 1050 g/mol. The predicted octanol–water partition coefficient (Wildman–Crippen LogP) is 14.8. The van der Waals surface area contributed by atoms with Gasteiger partial charge in [-0.2, -0.15) is 0 Å². The Hall–Kier alpha value is -1.18. The first-order valence-electron chi connectivity index (χ1n) is 30.2. The van der Waals surface area contributed by atoms with Crippen molar-refractivity contribution in [1.82, 2.24) is 0 Å². The number of esters is 1. The van der Waals surface area contributed by atoms with Crippen LogP contribution in [0.25, 0.3) is 0 Å². The third kappa shape index (κ3) is 40.1. The maximum absolute atomic E-state index is 12.9. The molecule has 0 bridgehead atoms. The Labute approximate surface area is 440 Å². The third-order valence-electron chi connectivity index (χ3n) is 14.3. The lowest BCUT2D eigenvalue weighted by Crippen LogP contribution is -2.64. The van der Waals surface area contributed by atoms with Gasteiger partial charge in [0.15, 0.2) is 0 Å². The highest BCUT2D eigenvalue weighted by Gasteiger charge is 2.51. The molecule has 1 rings (SSSR count). The SMILES string of the molecule is CCCCCCC/C=C\C/C=C\CCCCCCCCCCCCOCC(COP(=O)(O)OC1C(O)C(O)C(O)C(O)C1O)OC(=O)CCCCCCCCCCCCCCCCCCCCCCCCC. The van der Waals surface area contributed by atoms with Crippen molar-refractivity contribution in [2.75, 3.05) is 19.8 Å². The van der Waals surface area contributed by atoms with E-state index in [1.54, 1.807) is 0 Å². The second kappa shape index (κ2) is 49.4. The molecule has 0 aromatic carbocycles. The molecule has 0 radical (unpaired) electrons. The topological polar surface area (TPSA) is 192 Å². The van der Waals surface area contributed by atoms with Crippen LogP contribution < -0.4 is 0 Å². The molecule has 1 aliphatic carbocycles. The molecule has 1 saturated carbocycles. The zero-order chi connectivity index (χ0) is 52.6. The number of rotatable bonds is 53. The van der Waals surface area contributed by atoms with Gasteiger partial charge in [-0.3, -0.25) is 13.8 Å². The van der Waals surface area contributed by atoms with Gasteiger partial charge in [-0.25, -0.2) is 4.57 Å². The molecule has 6 N–H and O–H groups in total. The first-order valence-corrected chi connectivity index (χ1v) is 31.7. The highest BCUT2D eigenvalue weighted by Crippen LogP contribution is 2.47. The summed E-state index contributed by atoms with van der Waals surface area (Å²) in [4.78, 5) is 23.4. The molecule has 1 fully saturated rings. The van der Waals surface area contributed by atoms with Crippen LogP contribution in [0.4, 0.5) is 0 Å². The molecule has 426 valence electrons. The number of aliphatic hydroxyl groups excluding tert-OH is 5. The fourth-order valence-electron chi connectivity index (χ4n) is 9.57. The number of hydrogen-bond donors (Lipinski definition) is 6. The monoisotopic (exact) mass is 1040 g/mol. The van der Waals surface area contributed by atoms with Gasteiger partial charge in [0.2, 0.25) is 0 Å². The number of allylic oxidation sites excluding steroid dienone is 4. The molecule has 6 atom stereocenters. The van der Waals surface area contributed by atoms with E-state index in [9.17, 15) is 39.8 Å². The zero-order valence-corrected chi connectivity index (χ0v) is 47.1. The van der Waals surface area contributed by atoms with Crippen LogP contribution in [0.1, 0.15) is 284 Å². The van der Waals surface area contributed by atoms with Gasteiger partial charge in [0.05, 0.1) is 13.2 Å². The molecule has 1 aliphatic rings. The van der Waals surface area contributed by atoms with E-state index in [0.29, 0.717) is 13.0 Å². The Balaban J connectivity index is 2.25. The van der Waals surface area contributed by atoms with Crippen LogP contribution >= 0.6 is 7.82 Å². The highest BCUT2D eigenvalue weighted by molar-refractivity contribution is 7.47. The summed E-state index contributed by atoms with van der Waals surface area (Å²) in [5.41, 5.74) is 0. The first kappa shape index (κ1) is 68.8. The smallest absolute Gasteiger partial charge is 0.457 e. The van der Waals surface area contributed by atoms with E-state index in [0.717, 1.165) is 44.9 Å². The maximum atomic E-state index is 12.9. The van der Waals surface area contributed by atoms with E-state index in [1.165, 1.54) is 212 Å². The normalized spacial score (nSPS) is 20.7. The fourth-order valence-corrected chi connectivity index (χ4v) is 10.5. The Kier molecular flexibility index (Phi) is 47.2. The summed E-state index contributed by atoms with van der Waals surface area (Å²) >= 11 is 0. The Morgan fingerprint density at radius 2 is 0.778 bits per heavy atom. The van der Waals surface area contributed by atoms with Crippen molar-refractivity contribution in [2.24, 2.45) is 0 Å². The predicted molar refractivity (Wildman–Crippen MR) is 295 cm³/mol. The molecule has 72 heavy (non-hydrogen) atoms. The molecule has 12 nitrogen and oxygen atoms in total. The van der Waals surface area contributed by atoms with Crippen molar-refractivity contribution in [3.8, 4) is 0 Å². The van der Waals surface area contributed by atoms with Gasteiger partial charge in [-0.15, -0.1) is 0 Å². The Morgan fingerprint density at radius 1 is 0.444 bits per heavy atom. The molecule has 0 spiro atoms. The van der Waals surface area contributed by atoms with Crippen LogP contribution in [0.15, 0.2) is 24.3 Å². The number of ether oxygens (including phenoxy) is 2. The van der Waals surface area contributed by atoms with Gasteiger partial charge >= 0.3 is 13.8 Å². The second-order valence-electron chi connectivity index (χ2n) is 21.2. The first-order chi connectivity index (χ1) is 35.0. The van der Waals surface area contributed by atoms with Crippen molar-refractivity contribution >= 4 is 13.8 Å². The molecule has 0 aliphatic heterocycles. The number of unbranched alkanes of at least 4 members (excludes halogenated alkanes) is 37. The standard InChI is InChI=1S/C59H113O12P/c1-3-5-7-9-11-13-15-17-19-21-23-25-27-28-30-32-34-36-38-40-42-44-46-48-53(60)70-52(51-69-72(66,67)71-59-57(64)55(62)54(61)56(63)58(59)65)50-68-49-47-45-43-41-39-37-35-33-31-29-26-24-22-20-18-16-14-12-10-8-6-4-2/h16,18,22,24,52,54-59,61-65H,3-15,17,19-21,23,25-51H2,1-2H3,(H,66,67)/b18-16-,24-22-. The van der Waals surface area contributed by atoms with E-state index in [-0.39, 0.29) is 13.0 Å². The molecule has 0 aromatic rings. The van der Waals surface area contributed by atoms with Crippen LogP contribution in [0.3, 0.4) is 0 Å². The van der Waals surface area contributed by atoms with Crippen LogP contribution in [-0.4, -0.2) is 98.9 Å². The second-order valence-corrected chi connectivity index (χ2v) is 22.6. The molecular weight excluding hydrogens is 932 g/mol. The zero-order valence-electron chi connectivity index (χ0n) is 46.3. The number of hydrogen-bond acceptors (Lipinski definition) is 11. The van der Waals surface area contributed by atoms with E-state index in [1.807, 2.05) is 0 Å². The summed E-state index contributed by atoms with van der Waals surface area (Å²) in [5, 5.41) is 50.5. The van der Waals surface area contributed by atoms with Crippen molar-refractivity contribution in [2.45, 2.75) is 326 Å². The summed E-state index contributed by atoms with van der Waals surface area (Å²) in [7, 11) is -5.03. The van der Waals surface area contributed by atoms with Gasteiger partial charge in [0.25, 0.3) is 0 Å². The number of phosphoric acid groups is 1. The van der Waals surface area contributed by atoms with Gasteiger partial charge in [0, 0.05) is 13.0 Å². The van der Waals surface area contributed by atoms with Crippen molar-refractivity contribution in [3.63, 3.8) is 0 Å². The third-order valence-corrected chi connectivity index (χ3v) is 15.3. The van der Waals surface area contributed by atoms with Gasteiger partial charge in [-0.05, 0) is 44.9 Å². The summed E-state index contributed by atoms with van der Waals surface area (Å²) < 4.78 is 34.5. The van der Waals surface area contributed by atoms with Crippen molar-refractivity contribution in [1.29, 1.82) is 0 Å². The number of carbonyl (C=O) groups is 1. The van der Waals surface area contributed by atoms with Crippen LogP contribution in [0, 0.1) is 0 Å². The number of aliphatic hydroxyl groups is 5. The summed E-state index contributed by atoms with van der Waals surface area (Å²) in [5.74, 6) is -0.471. The Morgan fingerprint density at radius 3 is 1.17 bits per heavy atom. The molecule has 0 heterocycles. The minimum Gasteiger partial charge on any atom is -0.457 e. The van der Waals surface area contributed by atoms with E-state index >= 15 is 0 Å². The van der Waals surface area contributed by atoms with Crippen LogP contribution in [0.5, 0.6) is 0 Å². The number of carbonyl (C=O) groups excluding carboxylic acids is 1. The fraction of sp³-hybridized carbons (Fsp3) is 0.915. The number of phosphoric ester groups is 1. The largest absolute Gasteiger partial charge is 0.472 e. The average Bonchev–Trinajstić information content (AvgIpc) is 3.37. The molecular formula is C59H113O12P. The molecule has 13 heteroatoms. The highest BCUT2D eigenvalue weighted by atomic mass is 31.2. The quantitative estimate of drug-likeness (QED) is 0.0146. The van der Waals surface area contributed by atoms with Crippen molar-refractivity contribution in [3.05, 3.63) is 24.3 Å². The molecule has 0 aromatic heterocycles. The lowest BCUT2D eigenvalue weighted by atomic mass is 9.85. The van der Waals surface area contributed by atoms with E-state index in [4.69, 9.17) is 18.5 Å². The van der Waals surface area contributed by atoms with Gasteiger partial charge < -0.3 is 39.9 Å². The van der Waals surface area contributed by atoms with Gasteiger partial charge in [-0.1, -0.05) is 256 Å². The summed E-state index contributed by atoms with van der Waals surface area (Å²) in [6.07, 6.45) is 48.2. The molecule has 0 amide bonds. The minimum absolute atomic E-state index is 0.0739. The van der Waals surface area contributed by atoms with Crippen LogP contribution in [0.2, 0.25) is 0 Å². The molecule has 6 unspecified atom stereocenters. The van der Waals surface area contributed by atoms with Gasteiger partial charge in [0.1, 0.15) is 42.7 Å². The van der Waals surface area contributed by atoms with Crippen LogP contribution in [-0.2, 0) is 27.9 Å². The maximum Gasteiger partial charge on any atom is 0.472 e. The summed E-state index contributed by atoms with van der Waals surface area (Å²) in [6.45, 7) is 4.31. The summed E-state index contributed by atoms with van der Waals surface area (Å²) in [6, 6.07) is 0.